The summed E-state index contributed by atoms with van der Waals surface area (Å²) in [7, 11) is 0. The topological polar surface area (TPSA) is 120 Å². The first-order chi connectivity index (χ1) is 17.4. The molecular weight excluding hydrogens is 492 g/mol. The number of nitrogens with zero attached hydrogens (tertiary/aromatic N) is 4. The standard InChI is InChI=1S/C24H28ClF2N7O2/c25-17-10-14(26)11-18(27)20(17)32-24-31-19-12-29-23(30-15-2-1-8-36-9-7-15)33-22(19)34(24)16-5-3-13(4-6-16)21(28)35/h10-13,15-16H,1-9H2,(H2,28,35)(H,31,32)(H,29,30,33)/t13-,15?,16+. The summed E-state index contributed by atoms with van der Waals surface area (Å²) in [5, 5.41) is 6.24. The lowest BCUT2D eigenvalue weighted by atomic mass is 9.85. The Morgan fingerprint density at radius 2 is 1.92 bits per heavy atom. The summed E-state index contributed by atoms with van der Waals surface area (Å²) in [5.41, 5.74) is 6.53. The second kappa shape index (κ2) is 10.5. The van der Waals surface area contributed by atoms with Gasteiger partial charge in [0, 0.05) is 37.3 Å². The lowest BCUT2D eigenvalue weighted by Gasteiger charge is -2.29. The van der Waals surface area contributed by atoms with Crippen LogP contribution in [0.4, 0.5) is 26.4 Å². The first-order valence-electron chi connectivity index (χ1n) is 12.2. The zero-order chi connectivity index (χ0) is 25.2. The van der Waals surface area contributed by atoms with Gasteiger partial charge in [0.05, 0.1) is 16.9 Å². The molecule has 1 saturated heterocycles. The summed E-state index contributed by atoms with van der Waals surface area (Å²) in [6.45, 7) is 1.43. The van der Waals surface area contributed by atoms with Crippen LogP contribution in [0.15, 0.2) is 18.3 Å². The summed E-state index contributed by atoms with van der Waals surface area (Å²) in [4.78, 5) is 25.5. The first kappa shape index (κ1) is 24.6. The number of nitrogens with two attached hydrogens (primary N) is 1. The molecule has 9 nitrogen and oxygen atoms in total. The number of aromatic nitrogens is 4. The van der Waals surface area contributed by atoms with Crippen LogP contribution in [0, 0.1) is 17.6 Å². The SMILES string of the molecule is NC(=O)[C@H]1CC[C@@H](n2c(Nc3c(F)cc(F)cc3Cl)nc3cnc(NC4CCCOCC4)nc32)CC1. The highest BCUT2D eigenvalue weighted by Gasteiger charge is 2.29. The molecule has 1 aliphatic heterocycles. The third kappa shape index (κ3) is 5.22. The predicted molar refractivity (Wildman–Crippen MR) is 132 cm³/mol. The van der Waals surface area contributed by atoms with Crippen LogP contribution in [-0.4, -0.2) is 44.7 Å². The maximum absolute atomic E-state index is 14.6. The fourth-order valence-electron chi connectivity index (χ4n) is 5.02. The zero-order valence-corrected chi connectivity index (χ0v) is 20.4. The lowest BCUT2D eigenvalue weighted by molar-refractivity contribution is -0.122. The van der Waals surface area contributed by atoms with Gasteiger partial charge in [0.2, 0.25) is 17.8 Å². The number of hydrogen-bond acceptors (Lipinski definition) is 7. The molecule has 5 rings (SSSR count). The average molecular weight is 520 g/mol. The summed E-state index contributed by atoms with van der Waals surface area (Å²) >= 11 is 6.14. The van der Waals surface area contributed by atoms with E-state index in [1.807, 2.05) is 4.57 Å². The van der Waals surface area contributed by atoms with Crippen molar-refractivity contribution >= 4 is 46.3 Å². The largest absolute Gasteiger partial charge is 0.381 e. The second-order valence-corrected chi connectivity index (χ2v) is 9.78. The molecule has 0 bridgehead atoms. The molecule has 1 aliphatic carbocycles. The number of carbonyl (C=O) groups is 1. The molecule has 3 aromatic rings. The van der Waals surface area contributed by atoms with E-state index in [1.54, 1.807) is 6.20 Å². The number of nitrogens with one attached hydrogen (secondary N) is 2. The molecule has 192 valence electrons. The van der Waals surface area contributed by atoms with Crippen LogP contribution in [0.3, 0.4) is 0 Å². The number of rotatable bonds is 6. The molecular formula is C24H28ClF2N7O2. The van der Waals surface area contributed by atoms with E-state index >= 15 is 0 Å². The number of halogens is 3. The van der Waals surface area contributed by atoms with E-state index in [0.717, 1.165) is 38.0 Å². The highest BCUT2D eigenvalue weighted by molar-refractivity contribution is 6.33. The van der Waals surface area contributed by atoms with Crippen LogP contribution in [0.5, 0.6) is 0 Å². The van der Waals surface area contributed by atoms with Gasteiger partial charge in [-0.05, 0) is 51.0 Å². The van der Waals surface area contributed by atoms with Crippen LogP contribution in [-0.2, 0) is 9.53 Å². The van der Waals surface area contributed by atoms with E-state index in [4.69, 9.17) is 27.1 Å². The van der Waals surface area contributed by atoms with Crippen molar-refractivity contribution in [1.82, 2.24) is 19.5 Å². The van der Waals surface area contributed by atoms with Crippen LogP contribution >= 0.6 is 11.6 Å². The fraction of sp³-hybridized carbons (Fsp3) is 0.500. The van der Waals surface area contributed by atoms with E-state index < -0.39 is 11.6 Å². The zero-order valence-electron chi connectivity index (χ0n) is 19.6. The molecule has 1 atom stereocenters. The maximum atomic E-state index is 14.6. The Labute approximate surface area is 211 Å². The van der Waals surface area contributed by atoms with Gasteiger partial charge in [-0.25, -0.2) is 18.7 Å². The third-order valence-electron chi connectivity index (χ3n) is 6.93. The van der Waals surface area contributed by atoms with E-state index in [9.17, 15) is 13.6 Å². The van der Waals surface area contributed by atoms with Crippen LogP contribution in [0.2, 0.25) is 5.02 Å². The Kier molecular flexibility index (Phi) is 7.20. The normalized spacial score (nSPS) is 22.8. The summed E-state index contributed by atoms with van der Waals surface area (Å²) in [6.07, 6.45) is 6.97. The van der Waals surface area contributed by atoms with Crippen molar-refractivity contribution in [2.24, 2.45) is 11.7 Å². The van der Waals surface area contributed by atoms with Crippen molar-refractivity contribution in [2.75, 3.05) is 23.8 Å². The number of primary amides is 1. The molecule has 1 amide bonds. The van der Waals surface area contributed by atoms with Gasteiger partial charge in [0.1, 0.15) is 11.3 Å². The van der Waals surface area contributed by atoms with Gasteiger partial charge in [-0.1, -0.05) is 11.6 Å². The lowest BCUT2D eigenvalue weighted by Crippen LogP contribution is -2.29. The van der Waals surface area contributed by atoms with Crippen molar-refractivity contribution < 1.29 is 18.3 Å². The smallest absolute Gasteiger partial charge is 0.224 e. The van der Waals surface area contributed by atoms with Gasteiger partial charge >= 0.3 is 0 Å². The van der Waals surface area contributed by atoms with Gasteiger partial charge in [-0.2, -0.15) is 4.98 Å². The molecule has 0 radical (unpaired) electrons. The fourth-order valence-corrected chi connectivity index (χ4v) is 5.26. The number of fused-ring (bicyclic) bond motifs is 1. The molecule has 0 spiro atoms. The van der Waals surface area contributed by atoms with Gasteiger partial charge < -0.3 is 21.1 Å². The predicted octanol–water partition coefficient (Wildman–Crippen LogP) is 4.70. The highest BCUT2D eigenvalue weighted by atomic mass is 35.5. The Morgan fingerprint density at radius 1 is 1.11 bits per heavy atom. The second-order valence-electron chi connectivity index (χ2n) is 9.37. The third-order valence-corrected chi connectivity index (χ3v) is 7.22. The Morgan fingerprint density at radius 3 is 2.67 bits per heavy atom. The van der Waals surface area contributed by atoms with Gasteiger partial charge in [0.15, 0.2) is 11.5 Å². The minimum atomic E-state index is -0.833. The van der Waals surface area contributed by atoms with Crippen molar-refractivity contribution in [3.05, 3.63) is 35.0 Å². The van der Waals surface area contributed by atoms with Gasteiger partial charge in [0.25, 0.3) is 0 Å². The number of hydrogen-bond donors (Lipinski definition) is 3. The van der Waals surface area contributed by atoms with E-state index in [-0.39, 0.29) is 34.6 Å². The molecule has 12 heteroatoms. The van der Waals surface area contributed by atoms with Crippen LogP contribution < -0.4 is 16.4 Å². The first-order valence-corrected chi connectivity index (χ1v) is 12.6. The number of ether oxygens (including phenoxy) is 1. The molecule has 1 saturated carbocycles. The number of amides is 1. The summed E-state index contributed by atoms with van der Waals surface area (Å²) in [5.74, 6) is -1.30. The van der Waals surface area contributed by atoms with Crippen molar-refractivity contribution in [2.45, 2.75) is 57.0 Å². The monoisotopic (exact) mass is 519 g/mol. The van der Waals surface area contributed by atoms with E-state index in [0.29, 0.717) is 55.4 Å². The Balaban J connectivity index is 1.51. The van der Waals surface area contributed by atoms with Gasteiger partial charge in [-0.15, -0.1) is 0 Å². The minimum absolute atomic E-state index is 0.0654. The highest BCUT2D eigenvalue weighted by Crippen LogP contribution is 2.38. The molecule has 1 aromatic carbocycles. The molecule has 1 unspecified atom stereocenters. The molecule has 4 N–H and O–H groups in total. The quantitative estimate of drug-likeness (QED) is 0.431. The number of anilines is 3. The summed E-state index contributed by atoms with van der Waals surface area (Å²) < 4.78 is 35.6. The van der Waals surface area contributed by atoms with E-state index in [1.165, 1.54) is 0 Å². The molecule has 36 heavy (non-hydrogen) atoms. The van der Waals surface area contributed by atoms with Crippen molar-refractivity contribution in [3.8, 4) is 0 Å². The van der Waals surface area contributed by atoms with Crippen LogP contribution in [0.25, 0.3) is 11.2 Å². The molecule has 3 heterocycles. The number of benzene rings is 1. The van der Waals surface area contributed by atoms with Gasteiger partial charge in [-0.3, -0.25) is 9.36 Å². The summed E-state index contributed by atoms with van der Waals surface area (Å²) in [6, 6.07) is 1.93. The Bertz CT molecular complexity index is 1230. The maximum Gasteiger partial charge on any atom is 0.224 e. The average Bonchev–Trinajstić information content (AvgIpc) is 2.99. The molecule has 2 fully saturated rings. The van der Waals surface area contributed by atoms with Crippen LogP contribution in [0.1, 0.15) is 51.0 Å². The number of imidazole rings is 1. The molecule has 2 aliphatic rings. The Hall–Kier alpha value is -3.05. The van der Waals surface area contributed by atoms with Crippen molar-refractivity contribution in [1.29, 1.82) is 0 Å². The van der Waals surface area contributed by atoms with E-state index in [2.05, 4.69) is 20.6 Å². The minimum Gasteiger partial charge on any atom is -0.381 e. The van der Waals surface area contributed by atoms with Crippen molar-refractivity contribution in [3.63, 3.8) is 0 Å². The number of carbonyl (C=O) groups excluding carboxylic acids is 1. The molecule has 2 aromatic heterocycles.